The van der Waals surface area contributed by atoms with Gasteiger partial charge in [-0.1, -0.05) is 20.8 Å². The number of aliphatic carboxylic acids is 1. The fourth-order valence-corrected chi connectivity index (χ4v) is 3.45. The Kier molecular flexibility index (Phi) is 5.28. The second-order valence-corrected chi connectivity index (χ2v) is 7.32. The zero-order valence-corrected chi connectivity index (χ0v) is 13.5. The Hall–Kier alpha value is -1.06. The zero-order chi connectivity index (χ0) is 15.6. The minimum atomic E-state index is -0.808. The molecule has 0 aliphatic heterocycles. The Labute approximate surface area is 127 Å². The van der Waals surface area contributed by atoms with E-state index in [1.807, 2.05) is 4.90 Å². The summed E-state index contributed by atoms with van der Waals surface area (Å²) in [6.07, 6.45) is 6.32. The highest BCUT2D eigenvalue weighted by atomic mass is 16.4. The van der Waals surface area contributed by atoms with E-state index >= 15 is 0 Å². The highest BCUT2D eigenvalue weighted by Crippen LogP contribution is 2.36. The van der Waals surface area contributed by atoms with E-state index < -0.39 is 11.9 Å². The van der Waals surface area contributed by atoms with Crippen molar-refractivity contribution in [3.63, 3.8) is 0 Å². The molecule has 2 fully saturated rings. The van der Waals surface area contributed by atoms with E-state index in [2.05, 4.69) is 13.8 Å². The third-order valence-electron chi connectivity index (χ3n) is 5.23. The molecule has 2 aliphatic carbocycles. The molecule has 120 valence electrons. The summed E-state index contributed by atoms with van der Waals surface area (Å²) in [5.74, 6) is 0.516. The molecule has 0 heterocycles. The van der Waals surface area contributed by atoms with E-state index in [9.17, 15) is 9.59 Å². The number of hydrogen-bond acceptors (Lipinski definition) is 2. The number of carboxylic acids is 1. The predicted octanol–water partition coefficient (Wildman–Crippen LogP) is 3.16. The molecule has 0 radical (unpaired) electrons. The van der Waals surface area contributed by atoms with Crippen LogP contribution in [0.3, 0.4) is 0 Å². The third-order valence-corrected chi connectivity index (χ3v) is 5.23. The van der Waals surface area contributed by atoms with E-state index in [1.54, 1.807) is 6.92 Å². The Morgan fingerprint density at radius 2 is 1.62 bits per heavy atom. The number of hydrogen-bond donors (Lipinski definition) is 1. The van der Waals surface area contributed by atoms with Crippen LogP contribution >= 0.6 is 0 Å². The number of carbonyl (C=O) groups is 2. The summed E-state index contributed by atoms with van der Waals surface area (Å²) in [5, 5.41) is 9.08. The second kappa shape index (κ2) is 6.80. The lowest BCUT2D eigenvalue weighted by atomic mass is 9.76. The maximum atomic E-state index is 12.7. The molecule has 1 N–H and O–H groups in total. The molecule has 0 saturated heterocycles. The lowest BCUT2D eigenvalue weighted by Gasteiger charge is -2.34. The molecule has 4 heteroatoms. The highest BCUT2D eigenvalue weighted by Gasteiger charge is 2.38. The van der Waals surface area contributed by atoms with Gasteiger partial charge < -0.3 is 10.0 Å². The van der Waals surface area contributed by atoms with Gasteiger partial charge in [0.25, 0.3) is 0 Å². The van der Waals surface area contributed by atoms with Crippen molar-refractivity contribution < 1.29 is 14.7 Å². The molecule has 0 bridgehead atoms. The van der Waals surface area contributed by atoms with Gasteiger partial charge in [-0.2, -0.15) is 0 Å². The van der Waals surface area contributed by atoms with Crippen LogP contribution in [0.2, 0.25) is 0 Å². The smallest absolute Gasteiger partial charge is 0.308 e. The van der Waals surface area contributed by atoms with Gasteiger partial charge in [-0.05, 0) is 50.4 Å². The molecular formula is C17H29NO3. The van der Waals surface area contributed by atoms with Crippen molar-refractivity contribution in [3.8, 4) is 0 Å². The molecule has 0 spiro atoms. The predicted molar refractivity (Wildman–Crippen MR) is 81.8 cm³/mol. The summed E-state index contributed by atoms with van der Waals surface area (Å²) in [4.78, 5) is 25.7. The fraction of sp³-hybridized carbons (Fsp3) is 0.882. The summed E-state index contributed by atoms with van der Waals surface area (Å²) in [6.45, 7) is 6.60. The van der Waals surface area contributed by atoms with Crippen LogP contribution in [0, 0.1) is 23.7 Å². The van der Waals surface area contributed by atoms with Crippen molar-refractivity contribution in [3.05, 3.63) is 0 Å². The monoisotopic (exact) mass is 295 g/mol. The summed E-state index contributed by atoms with van der Waals surface area (Å²) in [5.41, 5.74) is 0. The summed E-state index contributed by atoms with van der Waals surface area (Å²) < 4.78 is 0. The molecule has 0 aromatic carbocycles. The Morgan fingerprint density at radius 1 is 1.05 bits per heavy atom. The first-order valence-corrected chi connectivity index (χ1v) is 8.43. The van der Waals surface area contributed by atoms with Crippen LogP contribution in [-0.2, 0) is 9.59 Å². The lowest BCUT2D eigenvalue weighted by molar-refractivity contribution is -0.144. The van der Waals surface area contributed by atoms with Crippen LogP contribution in [0.25, 0.3) is 0 Å². The van der Waals surface area contributed by atoms with Crippen LogP contribution in [0.5, 0.6) is 0 Å². The summed E-state index contributed by atoms with van der Waals surface area (Å²) >= 11 is 0. The number of amides is 1. The average molecular weight is 295 g/mol. The minimum Gasteiger partial charge on any atom is -0.481 e. The minimum absolute atomic E-state index is 0.126. The molecule has 1 amide bonds. The van der Waals surface area contributed by atoms with Crippen LogP contribution in [0.1, 0.15) is 59.3 Å². The Bertz CT molecular complexity index is 381. The molecule has 21 heavy (non-hydrogen) atoms. The lowest BCUT2D eigenvalue weighted by Crippen LogP contribution is -2.43. The van der Waals surface area contributed by atoms with Crippen molar-refractivity contribution in [1.29, 1.82) is 0 Å². The first-order valence-electron chi connectivity index (χ1n) is 8.43. The zero-order valence-electron chi connectivity index (χ0n) is 13.5. The van der Waals surface area contributed by atoms with Crippen molar-refractivity contribution in [1.82, 2.24) is 4.90 Å². The molecule has 2 aliphatic rings. The Morgan fingerprint density at radius 3 is 2.05 bits per heavy atom. The number of carboxylic acid groups (broad SMARTS) is 1. The van der Waals surface area contributed by atoms with Gasteiger partial charge in [-0.15, -0.1) is 0 Å². The first kappa shape index (κ1) is 16.3. The van der Waals surface area contributed by atoms with E-state index in [0.717, 1.165) is 44.4 Å². The van der Waals surface area contributed by atoms with E-state index in [0.29, 0.717) is 18.5 Å². The SMILES string of the molecule is CC(CN(C(=O)C1CCC(C(C)C)CC1)C1CC1)C(=O)O. The van der Waals surface area contributed by atoms with Gasteiger partial charge in [-0.25, -0.2) is 0 Å². The molecule has 2 saturated carbocycles. The fourth-order valence-electron chi connectivity index (χ4n) is 3.45. The van der Waals surface area contributed by atoms with Gasteiger partial charge in [0.15, 0.2) is 0 Å². The Balaban J connectivity index is 1.92. The van der Waals surface area contributed by atoms with Gasteiger partial charge in [0.05, 0.1) is 5.92 Å². The van der Waals surface area contributed by atoms with Gasteiger partial charge in [0.2, 0.25) is 5.91 Å². The maximum Gasteiger partial charge on any atom is 0.308 e. The molecule has 2 rings (SSSR count). The summed E-state index contributed by atoms with van der Waals surface area (Å²) in [7, 11) is 0. The van der Waals surface area contributed by atoms with Crippen molar-refractivity contribution in [2.45, 2.75) is 65.3 Å². The number of carbonyl (C=O) groups excluding carboxylic acids is 1. The van der Waals surface area contributed by atoms with Crippen molar-refractivity contribution in [2.75, 3.05) is 6.54 Å². The second-order valence-electron chi connectivity index (χ2n) is 7.32. The largest absolute Gasteiger partial charge is 0.481 e. The number of nitrogens with zero attached hydrogens (tertiary/aromatic N) is 1. The molecular weight excluding hydrogens is 266 g/mol. The highest BCUT2D eigenvalue weighted by molar-refractivity contribution is 5.80. The summed E-state index contributed by atoms with van der Waals surface area (Å²) in [6, 6.07) is 0.308. The van der Waals surface area contributed by atoms with Gasteiger partial charge in [0.1, 0.15) is 0 Å². The molecule has 0 aromatic rings. The third kappa shape index (κ3) is 4.21. The standard InChI is InChI=1S/C17H29NO3/c1-11(2)13-4-6-14(7-5-13)16(19)18(15-8-9-15)10-12(3)17(20)21/h11-15H,4-10H2,1-3H3,(H,20,21). The van der Waals surface area contributed by atoms with Crippen LogP contribution in [0.15, 0.2) is 0 Å². The molecule has 1 atom stereocenters. The van der Waals surface area contributed by atoms with E-state index in [1.165, 1.54) is 0 Å². The van der Waals surface area contributed by atoms with Crippen molar-refractivity contribution in [2.24, 2.45) is 23.7 Å². The maximum absolute atomic E-state index is 12.7. The van der Waals surface area contributed by atoms with Gasteiger partial charge in [0, 0.05) is 18.5 Å². The van der Waals surface area contributed by atoms with Crippen LogP contribution in [0.4, 0.5) is 0 Å². The topological polar surface area (TPSA) is 57.6 Å². The van der Waals surface area contributed by atoms with Crippen LogP contribution < -0.4 is 0 Å². The molecule has 0 aromatic heterocycles. The quantitative estimate of drug-likeness (QED) is 0.819. The van der Waals surface area contributed by atoms with Crippen LogP contribution in [-0.4, -0.2) is 34.5 Å². The van der Waals surface area contributed by atoms with E-state index in [-0.39, 0.29) is 11.8 Å². The van der Waals surface area contributed by atoms with E-state index in [4.69, 9.17) is 5.11 Å². The molecule has 1 unspecified atom stereocenters. The van der Waals surface area contributed by atoms with Gasteiger partial charge >= 0.3 is 5.97 Å². The number of rotatable bonds is 6. The van der Waals surface area contributed by atoms with Crippen molar-refractivity contribution >= 4 is 11.9 Å². The first-order chi connectivity index (χ1) is 9.90. The van der Waals surface area contributed by atoms with Gasteiger partial charge in [-0.3, -0.25) is 9.59 Å². The molecule has 4 nitrogen and oxygen atoms in total. The normalized spacial score (nSPS) is 27.4. The average Bonchev–Trinajstić information content (AvgIpc) is 3.28.